The summed E-state index contributed by atoms with van der Waals surface area (Å²) in [5.41, 5.74) is 0.855. The van der Waals surface area contributed by atoms with Crippen molar-refractivity contribution in [3.05, 3.63) is 35.6 Å². The molecule has 4 heteroatoms. The molecular weight excluding hydrogens is 241 g/mol. The van der Waals surface area contributed by atoms with Crippen LogP contribution in [0.1, 0.15) is 25.8 Å². The number of hydrogen-bond acceptors (Lipinski definition) is 1. The van der Waals surface area contributed by atoms with E-state index < -0.39 is 5.38 Å². The monoisotopic (exact) mass is 257 g/mol. The second kappa shape index (κ2) is 6.60. The number of hydrogen-bond donors (Lipinski definition) is 1. The second-order valence-electron chi connectivity index (χ2n) is 4.44. The third-order valence-corrected chi connectivity index (χ3v) is 2.72. The molecule has 1 aromatic rings. The summed E-state index contributed by atoms with van der Waals surface area (Å²) in [6.45, 7) is 4.41. The van der Waals surface area contributed by atoms with Crippen LogP contribution in [0.5, 0.6) is 0 Å². The van der Waals surface area contributed by atoms with Gasteiger partial charge in [-0.15, -0.1) is 11.6 Å². The largest absolute Gasteiger partial charge is 0.351 e. The van der Waals surface area contributed by atoms with Gasteiger partial charge in [0.1, 0.15) is 11.2 Å². The number of nitrogens with one attached hydrogen (secondary N) is 1. The van der Waals surface area contributed by atoms with Crippen LogP contribution < -0.4 is 5.32 Å². The molecule has 0 radical (unpaired) electrons. The fourth-order valence-corrected chi connectivity index (χ4v) is 1.86. The zero-order valence-corrected chi connectivity index (χ0v) is 10.8. The lowest BCUT2D eigenvalue weighted by atomic mass is 10.1. The molecule has 1 unspecified atom stereocenters. The first-order valence-corrected chi connectivity index (χ1v) is 6.09. The summed E-state index contributed by atoms with van der Waals surface area (Å²) >= 11 is 5.95. The molecule has 0 aliphatic rings. The molecule has 0 heterocycles. The zero-order chi connectivity index (χ0) is 12.8. The van der Waals surface area contributed by atoms with Crippen LogP contribution in [0.25, 0.3) is 0 Å². The smallest absolute Gasteiger partial charge is 0.238 e. The van der Waals surface area contributed by atoms with Gasteiger partial charge in [-0.2, -0.15) is 0 Å². The Morgan fingerprint density at radius 1 is 1.35 bits per heavy atom. The molecular formula is C13H17ClFNO. The van der Waals surface area contributed by atoms with Gasteiger partial charge >= 0.3 is 0 Å². The van der Waals surface area contributed by atoms with Crippen molar-refractivity contribution in [2.45, 2.75) is 32.2 Å². The highest BCUT2D eigenvalue weighted by atomic mass is 35.5. The first-order valence-electron chi connectivity index (χ1n) is 5.65. The fourth-order valence-electron chi connectivity index (χ4n) is 1.42. The van der Waals surface area contributed by atoms with Gasteiger partial charge in [-0.05, 0) is 30.0 Å². The van der Waals surface area contributed by atoms with Crippen LogP contribution in [0.2, 0.25) is 0 Å². The Bertz CT molecular complexity index is 364. The third-order valence-electron chi connectivity index (χ3n) is 2.34. The minimum atomic E-state index is -0.504. The van der Waals surface area contributed by atoms with Gasteiger partial charge in [-0.1, -0.05) is 26.0 Å². The van der Waals surface area contributed by atoms with Crippen molar-refractivity contribution in [1.82, 2.24) is 5.32 Å². The van der Waals surface area contributed by atoms with Crippen LogP contribution in [0.3, 0.4) is 0 Å². The Kier molecular flexibility index (Phi) is 5.42. The van der Waals surface area contributed by atoms with Gasteiger partial charge in [-0.3, -0.25) is 4.79 Å². The van der Waals surface area contributed by atoms with E-state index in [-0.39, 0.29) is 11.7 Å². The van der Waals surface area contributed by atoms with Crippen LogP contribution in [-0.4, -0.2) is 11.3 Å². The highest BCUT2D eigenvalue weighted by molar-refractivity contribution is 6.30. The van der Waals surface area contributed by atoms with E-state index >= 15 is 0 Å². The lowest BCUT2D eigenvalue weighted by molar-refractivity contribution is -0.121. The van der Waals surface area contributed by atoms with Gasteiger partial charge in [0, 0.05) is 6.54 Å². The summed E-state index contributed by atoms with van der Waals surface area (Å²) in [5, 5.41) is 2.23. The number of carbonyl (C=O) groups excluding carboxylic acids is 1. The number of amides is 1. The molecule has 0 saturated heterocycles. The van der Waals surface area contributed by atoms with Crippen LogP contribution in [0, 0.1) is 11.7 Å². The van der Waals surface area contributed by atoms with Gasteiger partial charge in [0.2, 0.25) is 5.91 Å². The maximum atomic E-state index is 12.6. The molecule has 0 spiro atoms. The first-order chi connectivity index (χ1) is 7.99. The third kappa shape index (κ3) is 5.18. The summed E-state index contributed by atoms with van der Waals surface area (Å²) < 4.78 is 12.6. The van der Waals surface area contributed by atoms with E-state index in [1.165, 1.54) is 12.1 Å². The molecule has 1 rings (SSSR count). The van der Waals surface area contributed by atoms with E-state index in [1.807, 2.05) is 13.8 Å². The van der Waals surface area contributed by atoms with E-state index in [4.69, 9.17) is 11.6 Å². The van der Waals surface area contributed by atoms with Crippen molar-refractivity contribution in [3.8, 4) is 0 Å². The van der Waals surface area contributed by atoms with E-state index in [0.29, 0.717) is 18.9 Å². The lowest BCUT2D eigenvalue weighted by Crippen LogP contribution is -2.31. The summed E-state index contributed by atoms with van der Waals surface area (Å²) in [5.74, 6) is -0.0751. The Labute approximate surface area is 106 Å². The average Bonchev–Trinajstić information content (AvgIpc) is 2.27. The molecule has 0 bridgehead atoms. The average molecular weight is 258 g/mol. The zero-order valence-electron chi connectivity index (χ0n) is 10.0. The van der Waals surface area contributed by atoms with E-state index in [9.17, 15) is 9.18 Å². The van der Waals surface area contributed by atoms with Gasteiger partial charge in [0.15, 0.2) is 0 Å². The molecule has 0 aliphatic heterocycles. The van der Waals surface area contributed by atoms with Crippen LogP contribution >= 0.6 is 11.6 Å². The fraction of sp³-hybridized carbons (Fsp3) is 0.462. The number of rotatable bonds is 5. The Hall–Kier alpha value is -1.09. The molecule has 0 aromatic heterocycles. The van der Waals surface area contributed by atoms with Gasteiger partial charge in [0.25, 0.3) is 0 Å². The maximum absolute atomic E-state index is 12.6. The molecule has 17 heavy (non-hydrogen) atoms. The first kappa shape index (κ1) is 14.0. The van der Waals surface area contributed by atoms with Gasteiger partial charge < -0.3 is 5.32 Å². The van der Waals surface area contributed by atoms with Crippen molar-refractivity contribution in [2.24, 2.45) is 5.92 Å². The Morgan fingerprint density at radius 2 is 1.94 bits per heavy atom. The predicted octanol–water partition coefficient (Wildman–Crippen LogP) is 3.10. The maximum Gasteiger partial charge on any atom is 0.238 e. The normalized spacial score (nSPS) is 12.5. The standard InChI is InChI=1S/C13H17ClFNO/c1-9(2)7-12(14)13(17)16-8-10-3-5-11(15)6-4-10/h3-6,9,12H,7-8H2,1-2H3,(H,16,17). The Balaban J connectivity index is 2.40. The molecule has 1 atom stereocenters. The number of carbonyl (C=O) groups is 1. The summed E-state index contributed by atoms with van der Waals surface area (Å²) in [6, 6.07) is 6.02. The van der Waals surface area contributed by atoms with Crippen molar-refractivity contribution in [2.75, 3.05) is 0 Å². The van der Waals surface area contributed by atoms with E-state index in [1.54, 1.807) is 12.1 Å². The summed E-state index contributed by atoms with van der Waals surface area (Å²) in [4.78, 5) is 11.6. The van der Waals surface area contributed by atoms with Gasteiger partial charge in [-0.25, -0.2) is 4.39 Å². The molecule has 1 N–H and O–H groups in total. The van der Waals surface area contributed by atoms with Gasteiger partial charge in [0.05, 0.1) is 0 Å². The minimum absolute atomic E-state index is 0.176. The van der Waals surface area contributed by atoms with E-state index in [2.05, 4.69) is 5.32 Å². The molecule has 94 valence electrons. The summed E-state index contributed by atoms with van der Waals surface area (Å²) in [6.07, 6.45) is 0.650. The molecule has 0 fully saturated rings. The number of benzene rings is 1. The molecule has 0 saturated carbocycles. The topological polar surface area (TPSA) is 29.1 Å². The molecule has 1 aromatic carbocycles. The van der Waals surface area contributed by atoms with Crippen molar-refractivity contribution in [1.29, 1.82) is 0 Å². The molecule has 0 aliphatic carbocycles. The second-order valence-corrected chi connectivity index (χ2v) is 4.97. The highest BCUT2D eigenvalue weighted by Crippen LogP contribution is 2.11. The SMILES string of the molecule is CC(C)CC(Cl)C(=O)NCc1ccc(F)cc1. The van der Waals surface area contributed by atoms with Crippen LogP contribution in [-0.2, 0) is 11.3 Å². The van der Waals surface area contributed by atoms with E-state index in [0.717, 1.165) is 5.56 Å². The quantitative estimate of drug-likeness (QED) is 0.807. The molecule has 2 nitrogen and oxygen atoms in total. The Morgan fingerprint density at radius 3 is 2.47 bits per heavy atom. The number of alkyl halides is 1. The van der Waals surface area contributed by atoms with Crippen molar-refractivity contribution >= 4 is 17.5 Å². The highest BCUT2D eigenvalue weighted by Gasteiger charge is 2.15. The number of halogens is 2. The van der Waals surface area contributed by atoms with Crippen molar-refractivity contribution < 1.29 is 9.18 Å². The molecule has 1 amide bonds. The minimum Gasteiger partial charge on any atom is -0.351 e. The predicted molar refractivity (Wildman–Crippen MR) is 67.3 cm³/mol. The van der Waals surface area contributed by atoms with Crippen LogP contribution in [0.4, 0.5) is 4.39 Å². The van der Waals surface area contributed by atoms with Crippen molar-refractivity contribution in [3.63, 3.8) is 0 Å². The van der Waals surface area contributed by atoms with Crippen LogP contribution in [0.15, 0.2) is 24.3 Å². The lowest BCUT2D eigenvalue weighted by Gasteiger charge is -2.12. The summed E-state index contributed by atoms with van der Waals surface area (Å²) in [7, 11) is 0.